The molecule has 7 heteroatoms. The van der Waals surface area contributed by atoms with Crippen LogP contribution in [0.4, 0.5) is 0 Å². The van der Waals surface area contributed by atoms with Crippen LogP contribution in [0.15, 0.2) is 60.2 Å². The van der Waals surface area contributed by atoms with E-state index in [-0.39, 0.29) is 0 Å². The minimum Gasteiger partial charge on any atom is -0.493 e. The van der Waals surface area contributed by atoms with E-state index in [0.717, 1.165) is 11.1 Å². The van der Waals surface area contributed by atoms with Crippen molar-refractivity contribution in [2.75, 3.05) is 20.8 Å². The molecule has 0 aliphatic carbocycles. The van der Waals surface area contributed by atoms with E-state index in [4.69, 9.17) is 26.4 Å². The monoisotopic (exact) mass is 385 g/mol. The highest BCUT2D eigenvalue weighted by molar-refractivity contribution is 7.80. The number of hydrogen-bond donors (Lipinski definition) is 2. The molecule has 2 aromatic rings. The molecule has 6 nitrogen and oxygen atoms in total. The molecule has 0 radical (unpaired) electrons. The van der Waals surface area contributed by atoms with Gasteiger partial charge in [-0.05, 0) is 29.9 Å². The molecule has 0 saturated carbocycles. The Labute approximate surface area is 164 Å². The van der Waals surface area contributed by atoms with Gasteiger partial charge in [-0.2, -0.15) is 5.10 Å². The molecule has 0 saturated heterocycles. The van der Waals surface area contributed by atoms with Gasteiger partial charge in [-0.1, -0.05) is 36.4 Å². The van der Waals surface area contributed by atoms with Gasteiger partial charge >= 0.3 is 0 Å². The molecule has 0 atom stereocenters. The molecular weight excluding hydrogens is 362 g/mol. The molecule has 0 amide bonds. The molecule has 2 rings (SSSR count). The SMILES string of the molecule is C=CCNC(=S)N/N=C/c1cc(OC)c(OCc2ccccc2)c(OC)c1. The van der Waals surface area contributed by atoms with E-state index in [1.165, 1.54) is 0 Å². The smallest absolute Gasteiger partial charge is 0.203 e. The Balaban J connectivity index is 2.12. The van der Waals surface area contributed by atoms with Crippen LogP contribution in [0.5, 0.6) is 17.2 Å². The first kappa shape index (κ1) is 20.3. The number of rotatable bonds is 9. The van der Waals surface area contributed by atoms with Crippen molar-refractivity contribution in [1.29, 1.82) is 0 Å². The van der Waals surface area contributed by atoms with Gasteiger partial charge in [0, 0.05) is 12.1 Å². The van der Waals surface area contributed by atoms with Gasteiger partial charge in [0.1, 0.15) is 6.61 Å². The predicted molar refractivity (Wildman–Crippen MR) is 112 cm³/mol. The first-order chi connectivity index (χ1) is 13.2. The van der Waals surface area contributed by atoms with Gasteiger partial charge in [0.05, 0.1) is 20.4 Å². The highest BCUT2D eigenvalue weighted by Crippen LogP contribution is 2.38. The number of hydrazone groups is 1. The van der Waals surface area contributed by atoms with Gasteiger partial charge in [0.2, 0.25) is 5.75 Å². The van der Waals surface area contributed by atoms with Crippen LogP contribution in [0, 0.1) is 0 Å². The van der Waals surface area contributed by atoms with Crippen molar-refractivity contribution in [1.82, 2.24) is 10.7 Å². The summed E-state index contributed by atoms with van der Waals surface area (Å²) in [5, 5.41) is 7.44. The zero-order valence-corrected chi connectivity index (χ0v) is 16.2. The second-order valence-electron chi connectivity index (χ2n) is 5.40. The normalized spacial score (nSPS) is 10.3. The molecule has 142 valence electrons. The average molecular weight is 385 g/mol. The van der Waals surface area contributed by atoms with Crippen LogP contribution in [-0.2, 0) is 6.61 Å². The Morgan fingerprint density at radius 2 is 1.81 bits per heavy atom. The lowest BCUT2D eigenvalue weighted by Crippen LogP contribution is -2.31. The summed E-state index contributed by atoms with van der Waals surface area (Å²) in [6.45, 7) is 4.59. The lowest BCUT2D eigenvalue weighted by Gasteiger charge is -2.15. The molecule has 0 spiro atoms. The fourth-order valence-corrected chi connectivity index (χ4v) is 2.35. The van der Waals surface area contributed by atoms with Gasteiger partial charge < -0.3 is 19.5 Å². The number of nitrogens with zero attached hydrogens (tertiary/aromatic N) is 1. The Morgan fingerprint density at radius 3 is 2.41 bits per heavy atom. The van der Waals surface area contributed by atoms with Crippen LogP contribution in [0.3, 0.4) is 0 Å². The largest absolute Gasteiger partial charge is 0.493 e. The predicted octanol–water partition coefficient (Wildman–Crippen LogP) is 3.27. The summed E-state index contributed by atoms with van der Waals surface area (Å²) in [7, 11) is 3.16. The number of benzene rings is 2. The number of hydrogen-bond acceptors (Lipinski definition) is 5. The molecule has 0 aliphatic heterocycles. The minimum atomic E-state index is 0.409. The van der Waals surface area contributed by atoms with Crippen molar-refractivity contribution in [3.05, 3.63) is 66.2 Å². The fourth-order valence-electron chi connectivity index (χ4n) is 2.22. The topological polar surface area (TPSA) is 64.1 Å². The summed E-state index contributed by atoms with van der Waals surface area (Å²) in [6, 6.07) is 13.5. The van der Waals surface area contributed by atoms with Crippen LogP contribution in [-0.4, -0.2) is 32.1 Å². The maximum absolute atomic E-state index is 5.93. The number of nitrogens with one attached hydrogen (secondary N) is 2. The molecule has 2 aromatic carbocycles. The Kier molecular flexibility index (Phi) is 8.12. The summed E-state index contributed by atoms with van der Waals surface area (Å²) in [5.74, 6) is 1.65. The number of methoxy groups -OCH3 is 2. The van der Waals surface area contributed by atoms with Crippen molar-refractivity contribution in [2.24, 2.45) is 5.10 Å². The zero-order chi connectivity index (χ0) is 19.5. The summed E-state index contributed by atoms with van der Waals surface area (Å²) in [6.07, 6.45) is 3.33. The minimum absolute atomic E-state index is 0.409. The Hall–Kier alpha value is -3.06. The second-order valence-corrected chi connectivity index (χ2v) is 5.81. The van der Waals surface area contributed by atoms with Crippen LogP contribution in [0.25, 0.3) is 0 Å². The third-order valence-corrected chi connectivity index (χ3v) is 3.73. The quantitative estimate of drug-likeness (QED) is 0.299. The van der Waals surface area contributed by atoms with E-state index in [2.05, 4.69) is 22.4 Å². The molecule has 0 aromatic heterocycles. The molecule has 0 bridgehead atoms. The van der Waals surface area contributed by atoms with Crippen LogP contribution >= 0.6 is 12.2 Å². The van der Waals surface area contributed by atoms with E-state index in [0.29, 0.717) is 35.5 Å². The molecule has 0 heterocycles. The highest BCUT2D eigenvalue weighted by atomic mass is 32.1. The molecule has 2 N–H and O–H groups in total. The molecule has 0 aliphatic rings. The van der Waals surface area contributed by atoms with Gasteiger partial charge in [0.15, 0.2) is 16.6 Å². The fraction of sp³-hybridized carbons (Fsp3) is 0.200. The van der Waals surface area contributed by atoms with Crippen LogP contribution < -0.4 is 25.0 Å². The summed E-state index contributed by atoms with van der Waals surface area (Å²) in [4.78, 5) is 0. The Bertz CT molecular complexity index is 769. The van der Waals surface area contributed by atoms with E-state index >= 15 is 0 Å². The molecule has 27 heavy (non-hydrogen) atoms. The van der Waals surface area contributed by atoms with Crippen molar-refractivity contribution in [2.45, 2.75) is 6.61 Å². The van der Waals surface area contributed by atoms with Crippen molar-refractivity contribution in [3.8, 4) is 17.2 Å². The zero-order valence-electron chi connectivity index (χ0n) is 15.4. The van der Waals surface area contributed by atoms with Crippen molar-refractivity contribution < 1.29 is 14.2 Å². The highest BCUT2D eigenvalue weighted by Gasteiger charge is 2.14. The molecule has 0 fully saturated rings. The lowest BCUT2D eigenvalue weighted by atomic mass is 10.2. The summed E-state index contributed by atoms with van der Waals surface area (Å²) < 4.78 is 16.9. The molecular formula is C20H23N3O3S. The van der Waals surface area contributed by atoms with Crippen molar-refractivity contribution >= 4 is 23.5 Å². The van der Waals surface area contributed by atoms with Gasteiger partial charge in [-0.3, -0.25) is 5.43 Å². The maximum Gasteiger partial charge on any atom is 0.203 e. The third-order valence-electron chi connectivity index (χ3n) is 3.50. The van der Waals surface area contributed by atoms with Gasteiger partial charge in [0.25, 0.3) is 0 Å². The van der Waals surface area contributed by atoms with E-state index in [1.54, 1.807) is 26.5 Å². The van der Waals surface area contributed by atoms with Gasteiger partial charge in [-0.15, -0.1) is 6.58 Å². The first-order valence-electron chi connectivity index (χ1n) is 8.28. The standard InChI is InChI=1S/C20H23N3O3S/c1-4-10-21-20(27)23-22-13-16-11-17(24-2)19(18(12-16)25-3)26-14-15-8-6-5-7-9-15/h4-9,11-13H,1,10,14H2,2-3H3,(H2,21,23,27)/b22-13+. The van der Waals surface area contributed by atoms with Crippen molar-refractivity contribution in [3.63, 3.8) is 0 Å². The Morgan fingerprint density at radius 1 is 1.15 bits per heavy atom. The van der Waals surface area contributed by atoms with E-state index in [9.17, 15) is 0 Å². The summed E-state index contributed by atoms with van der Waals surface area (Å²) >= 11 is 5.08. The maximum atomic E-state index is 5.93. The third kappa shape index (κ3) is 6.31. The average Bonchev–Trinajstić information content (AvgIpc) is 2.71. The first-order valence-corrected chi connectivity index (χ1v) is 8.69. The number of thiocarbonyl (C=S) groups is 1. The van der Waals surface area contributed by atoms with Crippen LogP contribution in [0.1, 0.15) is 11.1 Å². The van der Waals surface area contributed by atoms with E-state index in [1.807, 2.05) is 42.5 Å². The van der Waals surface area contributed by atoms with Gasteiger partial charge in [-0.25, -0.2) is 0 Å². The summed E-state index contributed by atoms with van der Waals surface area (Å²) in [5.41, 5.74) is 4.56. The lowest BCUT2D eigenvalue weighted by molar-refractivity contribution is 0.266. The number of ether oxygens (including phenoxy) is 3. The molecule has 0 unspecified atom stereocenters. The van der Waals surface area contributed by atoms with Crippen LogP contribution in [0.2, 0.25) is 0 Å². The van der Waals surface area contributed by atoms with E-state index < -0.39 is 0 Å². The second kappa shape index (κ2) is 10.8.